The van der Waals surface area contributed by atoms with Crippen molar-refractivity contribution in [1.82, 2.24) is 9.78 Å². The van der Waals surface area contributed by atoms with E-state index in [1.165, 1.54) is 10.2 Å². The smallest absolute Gasteiger partial charge is 0.289 e. The zero-order valence-electron chi connectivity index (χ0n) is 11.8. The van der Waals surface area contributed by atoms with E-state index in [1.54, 1.807) is 18.3 Å². The summed E-state index contributed by atoms with van der Waals surface area (Å²) in [6, 6.07) is 4.06. The number of nitrogens with zero attached hydrogens (tertiary/aromatic N) is 3. The van der Waals surface area contributed by atoms with E-state index in [2.05, 4.69) is 16.5 Å². The Hall–Kier alpha value is -1.97. The summed E-state index contributed by atoms with van der Waals surface area (Å²) >= 11 is 1.66. The average Bonchev–Trinajstić information content (AvgIpc) is 2.89. The van der Waals surface area contributed by atoms with E-state index in [0.29, 0.717) is 12.2 Å². The zero-order chi connectivity index (χ0) is 14.7. The van der Waals surface area contributed by atoms with Gasteiger partial charge in [-0.05, 0) is 36.2 Å². The van der Waals surface area contributed by atoms with E-state index in [0.717, 1.165) is 17.1 Å². The molecule has 0 amide bonds. The molecule has 2 rings (SSSR count). The Bertz CT molecular complexity index is 697. The molecule has 0 aliphatic rings. The molecule has 1 unspecified atom stereocenters. The third kappa shape index (κ3) is 2.95. The molecule has 1 N–H and O–H groups in total. The summed E-state index contributed by atoms with van der Waals surface area (Å²) in [5.41, 5.74) is 2.53. The summed E-state index contributed by atoms with van der Waals surface area (Å²) in [5, 5.41) is 17.5. The lowest BCUT2D eigenvalue weighted by Crippen LogP contribution is -3.07. The molecule has 0 aliphatic heterocycles. The minimum Gasteiger partial charge on any atom is -0.315 e. The molecule has 2 aromatic rings. The van der Waals surface area contributed by atoms with Crippen LogP contribution in [-0.2, 0) is 13.2 Å². The Morgan fingerprint density at radius 2 is 2.25 bits per heavy atom. The van der Waals surface area contributed by atoms with Crippen molar-refractivity contribution in [2.75, 3.05) is 7.05 Å². The molecule has 0 saturated heterocycles. The van der Waals surface area contributed by atoms with Crippen LogP contribution in [-0.4, -0.2) is 16.8 Å². The van der Waals surface area contributed by atoms with Gasteiger partial charge in [0.25, 0.3) is 5.56 Å². The topological polar surface area (TPSA) is 63.1 Å². The fourth-order valence-electron chi connectivity index (χ4n) is 2.06. The normalized spacial score (nSPS) is 12.1. The maximum atomic E-state index is 12.2. The monoisotopic (exact) mass is 289 g/mol. The van der Waals surface area contributed by atoms with Gasteiger partial charge in [0.2, 0.25) is 0 Å². The molecule has 0 bridgehead atoms. The minimum atomic E-state index is -0.305. The van der Waals surface area contributed by atoms with Gasteiger partial charge in [0.15, 0.2) is 6.67 Å². The van der Waals surface area contributed by atoms with E-state index in [9.17, 15) is 4.79 Å². The second-order valence-corrected chi connectivity index (χ2v) is 5.71. The van der Waals surface area contributed by atoms with Crippen molar-refractivity contribution < 1.29 is 4.90 Å². The van der Waals surface area contributed by atoms with Crippen LogP contribution in [0, 0.1) is 25.2 Å². The van der Waals surface area contributed by atoms with E-state index in [1.807, 2.05) is 25.4 Å². The molecular weight excluding hydrogens is 272 g/mol. The number of hydrogen-bond acceptors (Lipinski definition) is 4. The van der Waals surface area contributed by atoms with Crippen molar-refractivity contribution >= 4 is 11.3 Å². The van der Waals surface area contributed by atoms with Crippen LogP contribution in [0.15, 0.2) is 21.6 Å². The highest BCUT2D eigenvalue weighted by Gasteiger charge is 2.14. The Balaban J connectivity index is 2.24. The first-order valence-electron chi connectivity index (χ1n) is 6.33. The molecule has 0 spiro atoms. The molecule has 104 valence electrons. The van der Waals surface area contributed by atoms with Gasteiger partial charge in [-0.1, -0.05) is 0 Å². The molecule has 6 heteroatoms. The number of rotatable bonds is 4. The number of aryl methyl sites for hydroxylation is 1. The van der Waals surface area contributed by atoms with Crippen LogP contribution < -0.4 is 10.5 Å². The number of thiophene rings is 1. The van der Waals surface area contributed by atoms with Gasteiger partial charge in [-0.25, -0.2) is 0 Å². The highest BCUT2D eigenvalue weighted by Crippen LogP contribution is 2.05. The van der Waals surface area contributed by atoms with Gasteiger partial charge >= 0.3 is 0 Å². The molecule has 1 atom stereocenters. The average molecular weight is 289 g/mol. The van der Waals surface area contributed by atoms with Crippen LogP contribution in [0.25, 0.3) is 0 Å². The third-order valence-electron chi connectivity index (χ3n) is 3.25. The number of quaternary nitrogens is 1. The zero-order valence-corrected chi connectivity index (χ0v) is 12.6. The molecular formula is C14H17N4OS+. The van der Waals surface area contributed by atoms with Crippen molar-refractivity contribution in [2.24, 2.45) is 0 Å². The first-order chi connectivity index (χ1) is 9.52. The maximum absolute atomic E-state index is 12.2. The van der Waals surface area contributed by atoms with Gasteiger partial charge in [0, 0.05) is 5.56 Å². The van der Waals surface area contributed by atoms with Crippen LogP contribution in [0.3, 0.4) is 0 Å². The number of nitrogens with one attached hydrogen (secondary N) is 1. The molecule has 0 aliphatic carbocycles. The molecule has 20 heavy (non-hydrogen) atoms. The highest BCUT2D eigenvalue weighted by atomic mass is 32.1. The van der Waals surface area contributed by atoms with Gasteiger partial charge in [-0.15, -0.1) is 0 Å². The van der Waals surface area contributed by atoms with E-state index in [4.69, 9.17) is 5.26 Å². The largest absolute Gasteiger partial charge is 0.315 e. The molecule has 0 saturated carbocycles. The molecule has 0 aromatic carbocycles. The second kappa shape index (κ2) is 5.99. The summed E-state index contributed by atoms with van der Waals surface area (Å²) in [4.78, 5) is 13.3. The summed E-state index contributed by atoms with van der Waals surface area (Å²) in [6.45, 7) is 4.85. The highest BCUT2D eigenvalue weighted by molar-refractivity contribution is 7.07. The van der Waals surface area contributed by atoms with Crippen molar-refractivity contribution in [3.63, 3.8) is 0 Å². The van der Waals surface area contributed by atoms with E-state index in [-0.39, 0.29) is 11.1 Å². The quantitative estimate of drug-likeness (QED) is 0.890. The first kappa shape index (κ1) is 14.4. The lowest BCUT2D eigenvalue weighted by Gasteiger charge is -2.15. The number of aromatic nitrogens is 2. The SMILES string of the molecule is Cc1nn(C[NH+](C)Cc2ccsc2)c(=O)c(C#N)c1C. The Morgan fingerprint density at radius 3 is 2.85 bits per heavy atom. The maximum Gasteiger partial charge on any atom is 0.289 e. The Labute approximate surface area is 121 Å². The van der Waals surface area contributed by atoms with Gasteiger partial charge in [0.1, 0.15) is 18.2 Å². The molecule has 0 radical (unpaired) electrons. The van der Waals surface area contributed by atoms with Crippen molar-refractivity contribution in [3.8, 4) is 6.07 Å². The molecule has 2 aromatic heterocycles. The summed E-state index contributed by atoms with van der Waals surface area (Å²) < 4.78 is 1.39. The molecule has 0 fully saturated rings. The van der Waals surface area contributed by atoms with E-state index < -0.39 is 0 Å². The van der Waals surface area contributed by atoms with Crippen molar-refractivity contribution in [1.29, 1.82) is 5.26 Å². The lowest BCUT2D eigenvalue weighted by molar-refractivity contribution is -0.917. The van der Waals surface area contributed by atoms with Crippen LogP contribution in [0.5, 0.6) is 0 Å². The fourth-order valence-corrected chi connectivity index (χ4v) is 2.73. The minimum absolute atomic E-state index is 0.195. The lowest BCUT2D eigenvalue weighted by atomic mass is 10.1. The predicted octanol–water partition coefficient (Wildman–Crippen LogP) is 0.466. The van der Waals surface area contributed by atoms with Crippen molar-refractivity contribution in [3.05, 3.63) is 49.6 Å². The van der Waals surface area contributed by atoms with Gasteiger partial charge in [0.05, 0.1) is 12.7 Å². The Kier molecular flexibility index (Phi) is 4.32. The number of nitriles is 1. The summed E-state index contributed by atoms with van der Waals surface area (Å²) in [7, 11) is 2.01. The fraction of sp³-hybridized carbons (Fsp3) is 0.357. The van der Waals surface area contributed by atoms with Crippen LogP contribution in [0.1, 0.15) is 22.4 Å². The standard InChI is InChI=1S/C14H16N4OS/c1-10-11(2)16-18(14(19)13(10)6-15)9-17(3)7-12-4-5-20-8-12/h4-5,8H,7,9H2,1-3H3/p+1. The summed E-state index contributed by atoms with van der Waals surface area (Å²) in [5.74, 6) is 0. The molecule has 5 nitrogen and oxygen atoms in total. The molecule has 2 heterocycles. The van der Waals surface area contributed by atoms with Gasteiger partial charge in [-0.3, -0.25) is 4.79 Å². The van der Waals surface area contributed by atoms with Crippen LogP contribution in [0.2, 0.25) is 0 Å². The van der Waals surface area contributed by atoms with Crippen LogP contribution >= 0.6 is 11.3 Å². The number of hydrogen-bond donors (Lipinski definition) is 1. The van der Waals surface area contributed by atoms with Gasteiger partial charge < -0.3 is 4.90 Å². The van der Waals surface area contributed by atoms with Gasteiger partial charge in [-0.2, -0.15) is 26.4 Å². The van der Waals surface area contributed by atoms with Crippen molar-refractivity contribution in [2.45, 2.75) is 27.1 Å². The van der Waals surface area contributed by atoms with E-state index >= 15 is 0 Å². The first-order valence-corrected chi connectivity index (χ1v) is 7.28. The third-order valence-corrected chi connectivity index (χ3v) is 3.99. The second-order valence-electron chi connectivity index (χ2n) is 4.93. The predicted molar refractivity (Wildman–Crippen MR) is 77.6 cm³/mol. The summed E-state index contributed by atoms with van der Waals surface area (Å²) in [6.07, 6.45) is 0. The van der Waals surface area contributed by atoms with Crippen LogP contribution in [0.4, 0.5) is 0 Å². The Morgan fingerprint density at radius 1 is 1.50 bits per heavy atom.